The van der Waals surface area contributed by atoms with Crippen LogP contribution in [0.25, 0.3) is 0 Å². The Bertz CT molecular complexity index is 810. The van der Waals surface area contributed by atoms with Crippen molar-refractivity contribution in [2.45, 2.75) is 31.7 Å². The van der Waals surface area contributed by atoms with E-state index < -0.39 is 9.84 Å². The van der Waals surface area contributed by atoms with Crippen LogP contribution in [0.4, 0.5) is 0 Å². The molecule has 0 bridgehead atoms. The SMILES string of the molecule is Cc1cc(C)n(CCCNC(=O)c2cccc(S(C)(=O)=O)c2)n1. The number of carbonyl (C=O) groups excluding carboxylic acids is 1. The third-order valence-electron chi connectivity index (χ3n) is 3.46. The fraction of sp³-hybridized carbons (Fsp3) is 0.375. The molecule has 1 amide bonds. The van der Waals surface area contributed by atoms with Crippen LogP contribution in [-0.4, -0.2) is 36.9 Å². The number of amides is 1. The van der Waals surface area contributed by atoms with Crippen LogP contribution < -0.4 is 5.32 Å². The fourth-order valence-electron chi connectivity index (χ4n) is 2.30. The summed E-state index contributed by atoms with van der Waals surface area (Å²) < 4.78 is 24.9. The molecule has 0 radical (unpaired) electrons. The summed E-state index contributed by atoms with van der Waals surface area (Å²) >= 11 is 0. The smallest absolute Gasteiger partial charge is 0.251 e. The van der Waals surface area contributed by atoms with Crippen molar-refractivity contribution in [2.75, 3.05) is 12.8 Å². The predicted molar refractivity (Wildman–Crippen MR) is 88.2 cm³/mol. The highest BCUT2D eigenvalue weighted by molar-refractivity contribution is 7.90. The van der Waals surface area contributed by atoms with Gasteiger partial charge in [-0.15, -0.1) is 0 Å². The van der Waals surface area contributed by atoms with Crippen molar-refractivity contribution in [3.05, 3.63) is 47.3 Å². The molecule has 0 saturated heterocycles. The van der Waals surface area contributed by atoms with Crippen LogP contribution in [0.1, 0.15) is 28.2 Å². The standard InChI is InChI=1S/C16H21N3O3S/c1-12-10-13(2)19(18-12)9-5-8-17-16(20)14-6-4-7-15(11-14)23(3,21)22/h4,6-7,10-11H,5,8-9H2,1-3H3,(H,17,20). The molecule has 7 heteroatoms. The number of aryl methyl sites for hydroxylation is 3. The summed E-state index contributed by atoms with van der Waals surface area (Å²) in [5, 5.41) is 7.16. The minimum atomic E-state index is -3.31. The first kappa shape index (κ1) is 17.2. The molecule has 0 spiro atoms. The molecule has 1 aromatic heterocycles. The molecule has 2 aromatic rings. The highest BCUT2D eigenvalue weighted by atomic mass is 32.2. The van der Waals surface area contributed by atoms with Crippen molar-refractivity contribution in [3.63, 3.8) is 0 Å². The third-order valence-corrected chi connectivity index (χ3v) is 4.57. The lowest BCUT2D eigenvalue weighted by Gasteiger charge is -2.07. The number of nitrogens with one attached hydrogen (secondary N) is 1. The molecule has 0 unspecified atom stereocenters. The average molecular weight is 335 g/mol. The quantitative estimate of drug-likeness (QED) is 0.815. The highest BCUT2D eigenvalue weighted by Gasteiger charge is 2.11. The first-order valence-corrected chi connectivity index (χ1v) is 9.26. The number of nitrogens with zero attached hydrogens (tertiary/aromatic N) is 2. The van der Waals surface area contributed by atoms with Crippen LogP contribution in [0.3, 0.4) is 0 Å². The summed E-state index contributed by atoms with van der Waals surface area (Å²) in [6.45, 7) is 5.17. The van der Waals surface area contributed by atoms with E-state index >= 15 is 0 Å². The van der Waals surface area contributed by atoms with Gasteiger partial charge in [-0.3, -0.25) is 9.48 Å². The van der Waals surface area contributed by atoms with Crippen molar-refractivity contribution in [1.82, 2.24) is 15.1 Å². The van der Waals surface area contributed by atoms with Gasteiger partial charge in [0.15, 0.2) is 9.84 Å². The largest absolute Gasteiger partial charge is 0.352 e. The van der Waals surface area contributed by atoms with Crippen LogP contribution in [0.15, 0.2) is 35.2 Å². The molecule has 0 fully saturated rings. The van der Waals surface area contributed by atoms with Gasteiger partial charge >= 0.3 is 0 Å². The maximum absolute atomic E-state index is 12.1. The maximum Gasteiger partial charge on any atom is 0.251 e. The Morgan fingerprint density at radius 1 is 1.26 bits per heavy atom. The molecule has 0 aliphatic heterocycles. The van der Waals surface area contributed by atoms with Gasteiger partial charge in [0.05, 0.1) is 10.6 Å². The fourth-order valence-corrected chi connectivity index (χ4v) is 2.97. The van der Waals surface area contributed by atoms with E-state index in [2.05, 4.69) is 10.4 Å². The Hall–Kier alpha value is -2.15. The lowest BCUT2D eigenvalue weighted by atomic mass is 10.2. The van der Waals surface area contributed by atoms with Crippen molar-refractivity contribution < 1.29 is 13.2 Å². The van der Waals surface area contributed by atoms with Gasteiger partial charge in [-0.25, -0.2) is 8.42 Å². The Morgan fingerprint density at radius 2 is 2.00 bits per heavy atom. The molecular weight excluding hydrogens is 314 g/mol. The molecule has 0 atom stereocenters. The van der Waals surface area contributed by atoms with Gasteiger partial charge in [0.25, 0.3) is 5.91 Å². The number of benzene rings is 1. The first-order valence-electron chi connectivity index (χ1n) is 7.37. The Kier molecular flexibility index (Phi) is 5.20. The van der Waals surface area contributed by atoms with Crippen LogP contribution in [0, 0.1) is 13.8 Å². The van der Waals surface area contributed by atoms with Crippen LogP contribution in [0.2, 0.25) is 0 Å². The molecule has 1 heterocycles. The summed E-state index contributed by atoms with van der Waals surface area (Å²) in [4.78, 5) is 12.2. The molecule has 0 aliphatic rings. The number of hydrogen-bond donors (Lipinski definition) is 1. The summed E-state index contributed by atoms with van der Waals surface area (Å²) in [5.41, 5.74) is 2.41. The molecule has 0 aliphatic carbocycles. The van der Waals surface area contributed by atoms with Gasteiger partial charge in [0, 0.05) is 30.6 Å². The van der Waals surface area contributed by atoms with Crippen LogP contribution in [-0.2, 0) is 16.4 Å². The molecular formula is C16H21N3O3S. The van der Waals surface area contributed by atoms with Crippen molar-refractivity contribution >= 4 is 15.7 Å². The van der Waals surface area contributed by atoms with E-state index in [-0.39, 0.29) is 10.8 Å². The summed E-state index contributed by atoms with van der Waals surface area (Å²) in [5.74, 6) is -0.274. The molecule has 1 N–H and O–H groups in total. The van der Waals surface area contributed by atoms with Crippen LogP contribution in [0.5, 0.6) is 0 Å². The second-order valence-electron chi connectivity index (χ2n) is 5.56. The van der Waals surface area contributed by atoms with Crippen molar-refractivity contribution in [1.29, 1.82) is 0 Å². The Balaban J connectivity index is 1.89. The van der Waals surface area contributed by atoms with Crippen LogP contribution >= 0.6 is 0 Å². The maximum atomic E-state index is 12.1. The highest BCUT2D eigenvalue weighted by Crippen LogP contribution is 2.11. The first-order chi connectivity index (χ1) is 10.8. The van der Waals surface area contributed by atoms with E-state index in [1.807, 2.05) is 24.6 Å². The molecule has 124 valence electrons. The van der Waals surface area contributed by atoms with E-state index in [0.29, 0.717) is 12.1 Å². The zero-order valence-electron chi connectivity index (χ0n) is 13.5. The minimum Gasteiger partial charge on any atom is -0.352 e. The topological polar surface area (TPSA) is 81.1 Å². The Morgan fingerprint density at radius 3 is 2.61 bits per heavy atom. The van der Waals surface area contributed by atoms with Gasteiger partial charge in [-0.2, -0.15) is 5.10 Å². The summed E-state index contributed by atoms with van der Waals surface area (Å²) in [6.07, 6.45) is 1.87. The van der Waals surface area contributed by atoms with E-state index in [1.54, 1.807) is 12.1 Å². The third kappa shape index (κ3) is 4.66. The second-order valence-corrected chi connectivity index (χ2v) is 7.58. The number of hydrogen-bond acceptors (Lipinski definition) is 4. The number of carbonyl (C=O) groups is 1. The normalized spacial score (nSPS) is 11.4. The summed E-state index contributed by atoms with van der Waals surface area (Å²) in [6, 6.07) is 8.06. The molecule has 6 nitrogen and oxygen atoms in total. The lowest BCUT2D eigenvalue weighted by Crippen LogP contribution is -2.25. The lowest BCUT2D eigenvalue weighted by molar-refractivity contribution is 0.0952. The van der Waals surface area contributed by atoms with E-state index in [4.69, 9.17) is 0 Å². The van der Waals surface area contributed by atoms with Crippen molar-refractivity contribution in [2.24, 2.45) is 0 Å². The van der Waals surface area contributed by atoms with Gasteiger partial charge in [0.2, 0.25) is 0 Å². The van der Waals surface area contributed by atoms with Gasteiger partial charge in [0.1, 0.15) is 0 Å². The monoisotopic (exact) mass is 335 g/mol. The molecule has 23 heavy (non-hydrogen) atoms. The zero-order chi connectivity index (χ0) is 17.0. The molecule has 0 saturated carbocycles. The van der Waals surface area contributed by atoms with Gasteiger partial charge in [-0.05, 0) is 44.5 Å². The number of rotatable bonds is 6. The van der Waals surface area contributed by atoms with Crippen molar-refractivity contribution in [3.8, 4) is 0 Å². The van der Waals surface area contributed by atoms with E-state index in [9.17, 15) is 13.2 Å². The number of sulfone groups is 1. The van der Waals surface area contributed by atoms with E-state index in [1.165, 1.54) is 12.1 Å². The summed E-state index contributed by atoms with van der Waals surface area (Å²) in [7, 11) is -3.31. The Labute approximate surface area is 136 Å². The van der Waals surface area contributed by atoms with Gasteiger partial charge in [-0.1, -0.05) is 6.07 Å². The molecule has 1 aromatic carbocycles. The average Bonchev–Trinajstić information content (AvgIpc) is 2.80. The molecule has 2 rings (SSSR count). The van der Waals surface area contributed by atoms with Gasteiger partial charge < -0.3 is 5.32 Å². The zero-order valence-corrected chi connectivity index (χ0v) is 14.4. The van der Waals surface area contributed by atoms with E-state index in [0.717, 1.165) is 30.6 Å². The second kappa shape index (κ2) is 6.95. The number of aromatic nitrogens is 2. The minimum absolute atomic E-state index is 0.146. The predicted octanol–water partition coefficient (Wildman–Crippen LogP) is 1.72.